The summed E-state index contributed by atoms with van der Waals surface area (Å²) in [5, 5.41) is 5.67. The van der Waals surface area contributed by atoms with Crippen molar-refractivity contribution in [3.8, 4) is 0 Å². The number of carbonyl (C=O) groups is 3. The van der Waals surface area contributed by atoms with Gasteiger partial charge >= 0.3 is 5.97 Å². The lowest BCUT2D eigenvalue weighted by Gasteiger charge is -2.37. The van der Waals surface area contributed by atoms with E-state index in [1.807, 2.05) is 32.0 Å². The van der Waals surface area contributed by atoms with Crippen LogP contribution in [0.4, 0.5) is 0 Å². The van der Waals surface area contributed by atoms with Crippen molar-refractivity contribution in [1.82, 2.24) is 15.5 Å². The van der Waals surface area contributed by atoms with Gasteiger partial charge in [0.2, 0.25) is 11.8 Å². The van der Waals surface area contributed by atoms with E-state index in [9.17, 15) is 14.4 Å². The summed E-state index contributed by atoms with van der Waals surface area (Å²) in [5.41, 5.74) is -1.24. The Morgan fingerprint density at radius 3 is 2.25 bits per heavy atom. The predicted molar refractivity (Wildman–Crippen MR) is 125 cm³/mol. The maximum Gasteiger partial charge on any atom is 0.331 e. The van der Waals surface area contributed by atoms with E-state index in [1.165, 1.54) is 0 Å². The molecule has 0 saturated carbocycles. The summed E-state index contributed by atoms with van der Waals surface area (Å²) in [5.74, 6) is -1.05. The van der Waals surface area contributed by atoms with Gasteiger partial charge < -0.3 is 15.4 Å². The predicted octanol–water partition coefficient (Wildman–Crippen LogP) is 3.03. The molecule has 1 saturated heterocycles. The summed E-state index contributed by atoms with van der Waals surface area (Å²) in [4.78, 5) is 41.1. The molecular formula is C25H39N3O4. The Kier molecular flexibility index (Phi) is 8.84. The van der Waals surface area contributed by atoms with E-state index in [0.29, 0.717) is 13.2 Å². The van der Waals surface area contributed by atoms with Gasteiger partial charge in [-0.1, -0.05) is 44.2 Å². The van der Waals surface area contributed by atoms with Crippen LogP contribution in [-0.2, 0) is 25.7 Å². The highest BCUT2D eigenvalue weighted by Gasteiger charge is 2.40. The fourth-order valence-corrected chi connectivity index (χ4v) is 3.89. The van der Waals surface area contributed by atoms with Gasteiger partial charge in [0.05, 0.1) is 12.6 Å². The van der Waals surface area contributed by atoms with E-state index in [0.717, 1.165) is 31.4 Å². The molecular weight excluding hydrogens is 406 g/mol. The second-order valence-electron chi connectivity index (χ2n) is 10.0. The van der Waals surface area contributed by atoms with E-state index in [4.69, 9.17) is 4.74 Å². The van der Waals surface area contributed by atoms with Gasteiger partial charge in [-0.05, 0) is 65.0 Å². The summed E-state index contributed by atoms with van der Waals surface area (Å²) in [6.45, 7) is 12.3. The van der Waals surface area contributed by atoms with Crippen LogP contribution in [0.1, 0.15) is 66.4 Å². The van der Waals surface area contributed by atoms with Crippen molar-refractivity contribution in [3.63, 3.8) is 0 Å². The summed E-state index contributed by atoms with van der Waals surface area (Å²) in [6.07, 6.45) is 2.49. The van der Waals surface area contributed by atoms with Crippen LogP contribution in [-0.4, -0.2) is 53.0 Å². The Hall–Kier alpha value is -2.41. The number of rotatable bonds is 3. The third-order valence-corrected chi connectivity index (χ3v) is 5.78. The molecule has 1 heterocycles. The molecule has 1 aliphatic heterocycles. The molecule has 2 amide bonds. The summed E-state index contributed by atoms with van der Waals surface area (Å²) >= 11 is 0. The Balaban J connectivity index is 2.33. The first kappa shape index (κ1) is 25.8. The molecule has 1 fully saturated rings. The van der Waals surface area contributed by atoms with E-state index < -0.39 is 29.0 Å². The van der Waals surface area contributed by atoms with Crippen LogP contribution in [0, 0.1) is 5.92 Å². The maximum atomic E-state index is 13.5. The summed E-state index contributed by atoms with van der Waals surface area (Å²) in [6, 6.07) is 9.70. The number of amides is 2. The Morgan fingerprint density at radius 2 is 1.62 bits per heavy atom. The molecule has 178 valence electrons. The van der Waals surface area contributed by atoms with Gasteiger partial charge in [-0.2, -0.15) is 0 Å². The topological polar surface area (TPSA) is 87.7 Å². The minimum atomic E-state index is -1.19. The monoisotopic (exact) mass is 445 g/mol. The number of cyclic esters (lactones) is 1. The Labute approximate surface area is 192 Å². The third-order valence-electron chi connectivity index (χ3n) is 5.78. The molecule has 7 nitrogen and oxygen atoms in total. The number of esters is 1. The molecule has 7 heteroatoms. The molecule has 0 aliphatic carbocycles. The average Bonchev–Trinajstić information content (AvgIpc) is 2.69. The van der Waals surface area contributed by atoms with Crippen LogP contribution in [0.5, 0.6) is 0 Å². The molecule has 0 spiro atoms. The molecule has 0 aromatic heterocycles. The van der Waals surface area contributed by atoms with Crippen molar-refractivity contribution >= 4 is 17.8 Å². The van der Waals surface area contributed by atoms with E-state index in [2.05, 4.69) is 27.7 Å². The number of carbonyl (C=O) groups excluding carboxylic acids is 3. The van der Waals surface area contributed by atoms with Crippen LogP contribution in [0.25, 0.3) is 0 Å². The molecule has 32 heavy (non-hydrogen) atoms. The average molecular weight is 446 g/mol. The highest BCUT2D eigenvalue weighted by Crippen LogP contribution is 2.19. The smallest absolute Gasteiger partial charge is 0.331 e. The van der Waals surface area contributed by atoms with E-state index in [-0.39, 0.29) is 11.8 Å². The lowest BCUT2D eigenvalue weighted by atomic mass is 9.96. The van der Waals surface area contributed by atoms with Gasteiger partial charge in [-0.15, -0.1) is 0 Å². The molecule has 0 radical (unpaired) electrons. The number of hydrogen-bond acceptors (Lipinski definition) is 5. The first-order chi connectivity index (χ1) is 14.9. The van der Waals surface area contributed by atoms with Gasteiger partial charge in [-0.25, -0.2) is 4.79 Å². The zero-order valence-corrected chi connectivity index (χ0v) is 20.4. The SMILES string of the molecule is CC(C)C1C(=O)NC(C)(C)C(=O)NC(C)(C)C(=O)OCCCCCN1Cc1ccccc1. The first-order valence-electron chi connectivity index (χ1n) is 11.5. The van der Waals surface area contributed by atoms with Crippen molar-refractivity contribution in [3.05, 3.63) is 35.9 Å². The van der Waals surface area contributed by atoms with Crippen molar-refractivity contribution < 1.29 is 19.1 Å². The molecule has 1 aromatic carbocycles. The highest BCUT2D eigenvalue weighted by molar-refractivity contribution is 5.95. The molecule has 1 aliphatic rings. The zero-order chi connectivity index (χ0) is 23.9. The Morgan fingerprint density at radius 1 is 0.969 bits per heavy atom. The van der Waals surface area contributed by atoms with Crippen molar-refractivity contribution in [1.29, 1.82) is 0 Å². The lowest BCUT2D eigenvalue weighted by Crippen LogP contribution is -2.63. The van der Waals surface area contributed by atoms with Crippen LogP contribution >= 0.6 is 0 Å². The second kappa shape index (κ2) is 10.9. The number of nitrogens with zero attached hydrogens (tertiary/aromatic N) is 1. The van der Waals surface area contributed by atoms with Crippen LogP contribution in [0.2, 0.25) is 0 Å². The zero-order valence-electron chi connectivity index (χ0n) is 20.4. The lowest BCUT2D eigenvalue weighted by molar-refractivity contribution is -0.153. The summed E-state index contributed by atoms with van der Waals surface area (Å²) in [7, 11) is 0. The van der Waals surface area contributed by atoms with Crippen molar-refractivity contribution in [2.45, 2.75) is 84.5 Å². The number of hydrogen-bond donors (Lipinski definition) is 2. The van der Waals surface area contributed by atoms with E-state index >= 15 is 0 Å². The third kappa shape index (κ3) is 7.05. The van der Waals surface area contributed by atoms with Crippen molar-refractivity contribution in [2.24, 2.45) is 5.92 Å². The standard InChI is InChI=1S/C25H39N3O4/c1-18(2)20-21(29)26-24(3,4)22(30)27-25(5,6)23(31)32-16-12-8-11-15-28(20)17-19-13-9-7-10-14-19/h7,9-10,13-14,18,20H,8,11-12,15-17H2,1-6H3,(H,26,29)(H,27,30). The number of benzene rings is 1. The van der Waals surface area contributed by atoms with Crippen LogP contribution < -0.4 is 10.6 Å². The Bertz CT molecular complexity index is 790. The second-order valence-corrected chi connectivity index (χ2v) is 10.0. The highest BCUT2D eigenvalue weighted by atomic mass is 16.5. The van der Waals surface area contributed by atoms with Crippen LogP contribution in [0.15, 0.2) is 30.3 Å². The van der Waals surface area contributed by atoms with Crippen molar-refractivity contribution in [2.75, 3.05) is 13.2 Å². The fourth-order valence-electron chi connectivity index (χ4n) is 3.89. The molecule has 1 unspecified atom stereocenters. The number of ether oxygens (including phenoxy) is 1. The molecule has 1 atom stereocenters. The van der Waals surface area contributed by atoms with Gasteiger partial charge in [-0.3, -0.25) is 14.5 Å². The molecule has 1 aromatic rings. The minimum absolute atomic E-state index is 0.0506. The van der Waals surface area contributed by atoms with E-state index in [1.54, 1.807) is 27.7 Å². The molecule has 2 rings (SSSR count). The first-order valence-corrected chi connectivity index (χ1v) is 11.5. The largest absolute Gasteiger partial charge is 0.464 e. The van der Waals surface area contributed by atoms with Gasteiger partial charge in [0.1, 0.15) is 11.1 Å². The maximum absolute atomic E-state index is 13.5. The van der Waals surface area contributed by atoms with Gasteiger partial charge in [0, 0.05) is 6.54 Å². The quantitative estimate of drug-likeness (QED) is 0.699. The van der Waals surface area contributed by atoms with Crippen LogP contribution in [0.3, 0.4) is 0 Å². The normalized spacial score (nSPS) is 23.5. The summed E-state index contributed by atoms with van der Waals surface area (Å²) < 4.78 is 5.40. The van der Waals surface area contributed by atoms with Gasteiger partial charge in [0.25, 0.3) is 0 Å². The minimum Gasteiger partial charge on any atom is -0.464 e. The van der Waals surface area contributed by atoms with Gasteiger partial charge in [0.15, 0.2) is 0 Å². The number of nitrogens with one attached hydrogen (secondary N) is 2. The molecule has 2 N–H and O–H groups in total. The fraction of sp³-hybridized carbons (Fsp3) is 0.640. The molecule has 0 bridgehead atoms.